The van der Waals surface area contributed by atoms with Gasteiger partial charge in [-0.05, 0) is 76.3 Å². The fraction of sp³-hybridized carbons (Fsp3) is 0.500. The third-order valence-electron chi connectivity index (χ3n) is 4.22. The van der Waals surface area contributed by atoms with Crippen LogP contribution in [-0.4, -0.2) is 35.5 Å². The molecule has 1 aromatic rings. The molecule has 1 aliphatic heterocycles. The van der Waals surface area contributed by atoms with Gasteiger partial charge in [-0.15, -0.1) is 0 Å². The highest BCUT2D eigenvalue weighted by Crippen LogP contribution is 2.29. The summed E-state index contributed by atoms with van der Waals surface area (Å²) in [6.07, 6.45) is 2.47. The summed E-state index contributed by atoms with van der Waals surface area (Å²) in [6.45, 7) is 12.4. The molecule has 1 aliphatic rings. The van der Waals surface area contributed by atoms with E-state index in [4.69, 9.17) is 4.74 Å². The average molecular weight is 329 g/mol. The van der Waals surface area contributed by atoms with E-state index in [-0.39, 0.29) is 11.9 Å². The topological polar surface area (TPSA) is 46.6 Å². The van der Waals surface area contributed by atoms with Crippen LogP contribution in [0.15, 0.2) is 18.2 Å². The molecule has 0 aromatic heterocycles. The van der Waals surface area contributed by atoms with E-state index in [0.717, 1.165) is 28.7 Å². The summed E-state index contributed by atoms with van der Waals surface area (Å²) in [5.41, 5.74) is 4.69. The quantitative estimate of drug-likeness (QED) is 0.749. The fourth-order valence-electron chi connectivity index (χ4n) is 2.78. The number of hydrogen-bond donors (Lipinski definition) is 0. The highest BCUT2D eigenvalue weighted by molar-refractivity contribution is 5.99. The van der Waals surface area contributed by atoms with Crippen LogP contribution in [0.3, 0.4) is 0 Å². The molecule has 130 valence electrons. The number of Topliss-reactive ketones (excluding diaryl/α,β-unsaturated/α-hetero) is 1. The van der Waals surface area contributed by atoms with Crippen molar-refractivity contribution in [2.45, 2.75) is 53.6 Å². The van der Waals surface area contributed by atoms with Crippen LogP contribution in [0.25, 0.3) is 5.57 Å². The largest absolute Gasteiger partial charge is 0.444 e. The minimum atomic E-state index is -0.489. The first-order valence-electron chi connectivity index (χ1n) is 8.38. The van der Waals surface area contributed by atoms with Crippen LogP contribution in [0, 0.1) is 13.8 Å². The van der Waals surface area contributed by atoms with E-state index in [0.29, 0.717) is 13.1 Å². The Morgan fingerprint density at radius 1 is 1.12 bits per heavy atom. The number of aryl methyl sites for hydroxylation is 2. The molecule has 0 spiro atoms. The highest BCUT2D eigenvalue weighted by atomic mass is 16.6. The second kappa shape index (κ2) is 6.80. The molecule has 0 aliphatic carbocycles. The van der Waals surface area contributed by atoms with Gasteiger partial charge in [0, 0.05) is 18.7 Å². The summed E-state index contributed by atoms with van der Waals surface area (Å²) in [5, 5.41) is 0. The summed E-state index contributed by atoms with van der Waals surface area (Å²) in [4.78, 5) is 25.8. The van der Waals surface area contributed by atoms with Gasteiger partial charge in [0.25, 0.3) is 0 Å². The number of amides is 1. The van der Waals surface area contributed by atoms with Crippen molar-refractivity contribution in [3.63, 3.8) is 0 Å². The minimum absolute atomic E-state index is 0.0728. The number of carbonyl (C=O) groups excluding carboxylic acids is 2. The third-order valence-corrected chi connectivity index (χ3v) is 4.22. The average Bonchev–Trinajstić information content (AvgIpc) is 2.48. The second-order valence-electron chi connectivity index (χ2n) is 7.44. The van der Waals surface area contributed by atoms with E-state index in [1.54, 1.807) is 11.8 Å². The first-order valence-corrected chi connectivity index (χ1v) is 8.38. The summed E-state index contributed by atoms with van der Waals surface area (Å²) < 4.78 is 5.42. The van der Waals surface area contributed by atoms with Gasteiger partial charge in [-0.1, -0.05) is 12.1 Å². The Bertz CT molecular complexity index is 696. The van der Waals surface area contributed by atoms with Crippen LogP contribution >= 0.6 is 0 Å². The Labute approximate surface area is 144 Å². The summed E-state index contributed by atoms with van der Waals surface area (Å²) >= 11 is 0. The van der Waals surface area contributed by atoms with Gasteiger partial charge in [0.05, 0.1) is 0 Å². The normalized spacial score (nSPS) is 15.1. The van der Waals surface area contributed by atoms with Gasteiger partial charge in [-0.25, -0.2) is 4.79 Å². The van der Waals surface area contributed by atoms with Gasteiger partial charge < -0.3 is 9.64 Å². The standard InChI is InChI=1S/C20H27NO3/c1-13-11-17(15(3)22)18(12-14(13)2)16-7-9-21(10-8-16)19(23)24-20(4,5)6/h7,11-12H,8-10H2,1-6H3. The molecule has 0 bridgehead atoms. The SMILES string of the molecule is CC(=O)c1cc(C)c(C)cc1C1=CCN(C(=O)OC(C)(C)C)CC1. The van der Waals surface area contributed by atoms with Crippen LogP contribution in [0.2, 0.25) is 0 Å². The van der Waals surface area contributed by atoms with Crippen molar-refractivity contribution in [3.8, 4) is 0 Å². The van der Waals surface area contributed by atoms with Gasteiger partial charge in [0.1, 0.15) is 5.60 Å². The van der Waals surface area contributed by atoms with Gasteiger partial charge in [0.15, 0.2) is 5.78 Å². The van der Waals surface area contributed by atoms with E-state index >= 15 is 0 Å². The zero-order chi connectivity index (χ0) is 18.1. The van der Waals surface area contributed by atoms with Gasteiger partial charge >= 0.3 is 6.09 Å². The van der Waals surface area contributed by atoms with Gasteiger partial charge in [-0.2, -0.15) is 0 Å². The Balaban J connectivity index is 2.23. The van der Waals surface area contributed by atoms with Crippen molar-refractivity contribution in [1.82, 2.24) is 4.90 Å². The van der Waals surface area contributed by atoms with Crippen molar-refractivity contribution >= 4 is 17.4 Å². The molecule has 0 saturated heterocycles. The van der Waals surface area contributed by atoms with Crippen LogP contribution in [0.4, 0.5) is 4.79 Å². The molecule has 0 fully saturated rings. The second-order valence-corrected chi connectivity index (χ2v) is 7.44. The maximum absolute atomic E-state index is 12.2. The smallest absolute Gasteiger partial charge is 0.410 e. The van der Waals surface area contributed by atoms with Crippen LogP contribution in [0.5, 0.6) is 0 Å². The van der Waals surface area contributed by atoms with Crippen LogP contribution in [0.1, 0.15) is 61.2 Å². The molecule has 4 heteroatoms. The Morgan fingerprint density at radius 2 is 1.75 bits per heavy atom. The lowest BCUT2D eigenvalue weighted by Crippen LogP contribution is -2.39. The van der Waals surface area contributed by atoms with Crippen molar-refractivity contribution < 1.29 is 14.3 Å². The lowest BCUT2D eigenvalue weighted by Gasteiger charge is -2.30. The first kappa shape index (κ1) is 18.2. The van der Waals surface area contributed by atoms with Crippen molar-refractivity contribution in [2.24, 2.45) is 0 Å². The Hall–Kier alpha value is -2.10. The number of benzene rings is 1. The Kier molecular flexibility index (Phi) is 5.16. The van der Waals surface area contributed by atoms with Gasteiger partial charge in [0.2, 0.25) is 0 Å². The minimum Gasteiger partial charge on any atom is -0.444 e. The first-order chi connectivity index (χ1) is 11.1. The van der Waals surface area contributed by atoms with E-state index in [1.807, 2.05) is 39.8 Å². The Morgan fingerprint density at radius 3 is 2.25 bits per heavy atom. The maximum Gasteiger partial charge on any atom is 0.410 e. The van der Waals surface area contributed by atoms with Gasteiger partial charge in [-0.3, -0.25) is 4.79 Å². The maximum atomic E-state index is 12.2. The summed E-state index contributed by atoms with van der Waals surface area (Å²) in [7, 11) is 0. The van der Waals surface area contributed by atoms with E-state index < -0.39 is 5.60 Å². The predicted octanol–water partition coefficient (Wildman–Crippen LogP) is 4.53. The number of ether oxygens (including phenoxy) is 1. The fourth-order valence-corrected chi connectivity index (χ4v) is 2.78. The van der Waals surface area contributed by atoms with E-state index in [9.17, 15) is 9.59 Å². The van der Waals surface area contributed by atoms with Crippen molar-refractivity contribution in [3.05, 3.63) is 40.5 Å². The molecule has 0 radical (unpaired) electrons. The molecule has 0 atom stereocenters. The van der Waals surface area contributed by atoms with E-state index in [1.165, 1.54) is 5.56 Å². The molecule has 0 saturated carbocycles. The zero-order valence-electron chi connectivity index (χ0n) is 15.5. The number of nitrogens with zero attached hydrogens (tertiary/aromatic N) is 1. The van der Waals surface area contributed by atoms with E-state index in [2.05, 4.69) is 13.0 Å². The lowest BCUT2D eigenvalue weighted by molar-refractivity contribution is 0.0270. The molecule has 0 unspecified atom stereocenters. The molecule has 24 heavy (non-hydrogen) atoms. The number of ketones is 1. The molecule has 1 amide bonds. The van der Waals surface area contributed by atoms with Crippen LogP contribution in [-0.2, 0) is 4.74 Å². The molecule has 0 N–H and O–H groups in total. The molecule has 1 heterocycles. The molecular formula is C20H27NO3. The zero-order valence-corrected chi connectivity index (χ0v) is 15.5. The lowest BCUT2D eigenvalue weighted by atomic mass is 9.90. The number of rotatable bonds is 2. The monoisotopic (exact) mass is 329 g/mol. The summed E-state index contributed by atoms with van der Waals surface area (Å²) in [6, 6.07) is 4.05. The molecule has 2 rings (SSSR count). The summed E-state index contributed by atoms with van der Waals surface area (Å²) in [5.74, 6) is 0.0728. The van der Waals surface area contributed by atoms with Crippen LogP contribution < -0.4 is 0 Å². The molecular weight excluding hydrogens is 302 g/mol. The van der Waals surface area contributed by atoms with Crippen molar-refractivity contribution in [1.29, 1.82) is 0 Å². The highest BCUT2D eigenvalue weighted by Gasteiger charge is 2.24. The molecule has 1 aromatic carbocycles. The molecule has 4 nitrogen and oxygen atoms in total. The van der Waals surface area contributed by atoms with Crippen molar-refractivity contribution in [2.75, 3.05) is 13.1 Å². The predicted molar refractivity (Wildman–Crippen MR) is 96.3 cm³/mol. The number of carbonyl (C=O) groups is 2. The number of hydrogen-bond acceptors (Lipinski definition) is 3. The third kappa shape index (κ3) is 4.25.